The number of rotatable bonds is 19. The van der Waals surface area contributed by atoms with E-state index in [1.54, 1.807) is 0 Å². The number of carbonyl (C=O) groups is 2. The number of ether oxygens (including phenoxy) is 1. The van der Waals surface area contributed by atoms with E-state index in [0.717, 1.165) is 32.1 Å². The van der Waals surface area contributed by atoms with Gasteiger partial charge in [0.05, 0.1) is 11.8 Å². The Morgan fingerprint density at radius 2 is 1.25 bits per heavy atom. The van der Waals surface area contributed by atoms with Crippen molar-refractivity contribution in [3.05, 3.63) is 0 Å². The molecule has 3 unspecified atom stereocenters. The van der Waals surface area contributed by atoms with Gasteiger partial charge in [-0.2, -0.15) is 0 Å². The minimum Gasteiger partial charge on any atom is -0.481 e. The summed E-state index contributed by atoms with van der Waals surface area (Å²) in [5, 5.41) is 9.46. The Bertz CT molecular complexity index is 488. The number of unbranched alkanes of at least 4 members (excludes halogenated alkanes) is 12. The zero-order chi connectivity index (χ0) is 23.6. The maximum atomic E-state index is 12.8. The Kier molecular flexibility index (Phi) is 16.6. The van der Waals surface area contributed by atoms with Crippen molar-refractivity contribution < 1.29 is 19.4 Å². The van der Waals surface area contributed by atoms with Crippen LogP contribution in [0.25, 0.3) is 0 Å². The van der Waals surface area contributed by atoms with Crippen LogP contribution in [0.5, 0.6) is 0 Å². The third kappa shape index (κ3) is 13.5. The summed E-state index contributed by atoms with van der Waals surface area (Å²) in [5.74, 6) is -1.66. The summed E-state index contributed by atoms with van der Waals surface area (Å²) in [4.78, 5) is 24.3. The van der Waals surface area contributed by atoms with Crippen LogP contribution in [0, 0.1) is 17.8 Å². The molecule has 32 heavy (non-hydrogen) atoms. The van der Waals surface area contributed by atoms with Gasteiger partial charge in [0, 0.05) is 0 Å². The van der Waals surface area contributed by atoms with Gasteiger partial charge in [-0.05, 0) is 38.0 Å². The second kappa shape index (κ2) is 18.4. The highest BCUT2D eigenvalue weighted by Crippen LogP contribution is 2.32. The molecular weight excluding hydrogens is 400 g/mol. The van der Waals surface area contributed by atoms with E-state index < -0.39 is 17.8 Å². The Morgan fingerprint density at radius 3 is 1.72 bits per heavy atom. The van der Waals surface area contributed by atoms with Crippen LogP contribution >= 0.6 is 0 Å². The molecule has 0 radical (unpaired) electrons. The van der Waals surface area contributed by atoms with Crippen molar-refractivity contribution in [3.8, 4) is 0 Å². The maximum Gasteiger partial charge on any atom is 0.310 e. The molecule has 1 fully saturated rings. The van der Waals surface area contributed by atoms with Gasteiger partial charge >= 0.3 is 11.9 Å². The van der Waals surface area contributed by atoms with Gasteiger partial charge in [-0.25, -0.2) is 0 Å². The van der Waals surface area contributed by atoms with Crippen LogP contribution in [0.4, 0.5) is 0 Å². The first kappa shape index (κ1) is 29.0. The SMILES string of the molecule is CCCCCCCCCCCCCCCC(CC(C)C)OC(=O)C1CCCCC1C(=O)O. The normalized spacial score (nSPS) is 19.8. The van der Waals surface area contributed by atoms with Gasteiger partial charge in [-0.1, -0.05) is 111 Å². The Balaban J connectivity index is 2.19. The van der Waals surface area contributed by atoms with Crippen molar-refractivity contribution in [1.29, 1.82) is 0 Å². The molecule has 3 atom stereocenters. The topological polar surface area (TPSA) is 63.6 Å². The molecule has 0 aromatic rings. The molecule has 4 heteroatoms. The fraction of sp³-hybridized carbons (Fsp3) is 0.929. The minimum atomic E-state index is -0.844. The van der Waals surface area contributed by atoms with E-state index in [1.807, 2.05) is 0 Å². The highest BCUT2D eigenvalue weighted by Gasteiger charge is 2.37. The summed E-state index contributed by atoms with van der Waals surface area (Å²) in [6.07, 6.45) is 22.1. The van der Waals surface area contributed by atoms with Gasteiger partial charge in [-0.3, -0.25) is 9.59 Å². The number of esters is 1. The van der Waals surface area contributed by atoms with Crippen molar-refractivity contribution in [2.75, 3.05) is 0 Å². The van der Waals surface area contributed by atoms with E-state index >= 15 is 0 Å². The quantitative estimate of drug-likeness (QED) is 0.158. The van der Waals surface area contributed by atoms with Crippen LogP contribution < -0.4 is 0 Å². The van der Waals surface area contributed by atoms with E-state index in [1.165, 1.54) is 77.0 Å². The molecule has 0 aliphatic heterocycles. The van der Waals surface area contributed by atoms with Crippen LogP contribution in [0.1, 0.15) is 143 Å². The third-order valence-corrected chi connectivity index (χ3v) is 7.03. The molecule has 1 saturated carbocycles. The molecule has 0 bridgehead atoms. The third-order valence-electron chi connectivity index (χ3n) is 7.03. The van der Waals surface area contributed by atoms with Crippen LogP contribution in [0.2, 0.25) is 0 Å². The van der Waals surface area contributed by atoms with Gasteiger partial charge in [-0.15, -0.1) is 0 Å². The molecule has 0 saturated heterocycles. The molecule has 0 spiro atoms. The van der Waals surface area contributed by atoms with Crippen molar-refractivity contribution >= 4 is 11.9 Å². The molecule has 0 heterocycles. The molecule has 0 aromatic heterocycles. The highest BCUT2D eigenvalue weighted by molar-refractivity contribution is 5.81. The molecule has 4 nitrogen and oxygen atoms in total. The van der Waals surface area contributed by atoms with Crippen molar-refractivity contribution in [3.63, 3.8) is 0 Å². The minimum absolute atomic E-state index is 0.0634. The van der Waals surface area contributed by atoms with Gasteiger partial charge in [0.15, 0.2) is 0 Å². The molecule has 0 aromatic carbocycles. The van der Waals surface area contributed by atoms with Crippen molar-refractivity contribution in [2.45, 2.75) is 149 Å². The summed E-state index contributed by atoms with van der Waals surface area (Å²) in [6.45, 7) is 6.58. The predicted octanol–water partition coefficient (Wildman–Crippen LogP) is 8.32. The number of carbonyl (C=O) groups excluding carboxylic acids is 1. The van der Waals surface area contributed by atoms with Crippen LogP contribution in [0.15, 0.2) is 0 Å². The maximum absolute atomic E-state index is 12.8. The first-order chi connectivity index (χ1) is 15.5. The highest BCUT2D eigenvalue weighted by atomic mass is 16.5. The average molecular weight is 453 g/mol. The Labute approximate surface area is 198 Å². The number of carboxylic acid groups (broad SMARTS) is 1. The zero-order valence-electron chi connectivity index (χ0n) is 21.4. The molecule has 1 rings (SSSR count). The second-order valence-electron chi connectivity index (χ2n) is 10.6. The first-order valence-electron chi connectivity index (χ1n) is 13.9. The largest absolute Gasteiger partial charge is 0.481 e. The number of hydrogen-bond acceptors (Lipinski definition) is 3. The number of carboxylic acids is 1. The summed E-state index contributed by atoms with van der Waals surface area (Å²) >= 11 is 0. The summed E-state index contributed by atoms with van der Waals surface area (Å²) in [7, 11) is 0. The van der Waals surface area contributed by atoms with E-state index in [2.05, 4.69) is 20.8 Å². The smallest absolute Gasteiger partial charge is 0.310 e. The van der Waals surface area contributed by atoms with Crippen LogP contribution in [-0.4, -0.2) is 23.1 Å². The van der Waals surface area contributed by atoms with E-state index in [4.69, 9.17) is 4.74 Å². The lowest BCUT2D eigenvalue weighted by Crippen LogP contribution is -2.35. The molecule has 1 aliphatic carbocycles. The van der Waals surface area contributed by atoms with E-state index in [9.17, 15) is 14.7 Å². The van der Waals surface area contributed by atoms with Gasteiger partial charge in [0.2, 0.25) is 0 Å². The van der Waals surface area contributed by atoms with E-state index in [-0.39, 0.29) is 12.1 Å². The lowest BCUT2D eigenvalue weighted by Gasteiger charge is -2.29. The molecule has 1 N–H and O–H groups in total. The molecule has 188 valence electrons. The Hall–Kier alpha value is -1.06. The van der Waals surface area contributed by atoms with Crippen molar-refractivity contribution in [1.82, 2.24) is 0 Å². The van der Waals surface area contributed by atoms with Crippen LogP contribution in [0.3, 0.4) is 0 Å². The summed E-state index contributed by atoms with van der Waals surface area (Å²) < 4.78 is 5.89. The predicted molar refractivity (Wildman–Crippen MR) is 133 cm³/mol. The van der Waals surface area contributed by atoms with Gasteiger partial charge < -0.3 is 9.84 Å². The fourth-order valence-electron chi connectivity index (χ4n) is 5.10. The molecular formula is C28H52O4. The number of aliphatic carboxylic acids is 1. The lowest BCUT2D eigenvalue weighted by atomic mass is 9.79. The van der Waals surface area contributed by atoms with Gasteiger partial charge in [0.1, 0.15) is 6.10 Å². The first-order valence-corrected chi connectivity index (χ1v) is 13.9. The molecule has 0 amide bonds. The zero-order valence-corrected chi connectivity index (χ0v) is 21.4. The Morgan fingerprint density at radius 1 is 0.781 bits per heavy atom. The second-order valence-corrected chi connectivity index (χ2v) is 10.6. The standard InChI is InChI=1S/C28H52O4/c1-4-5-6-7-8-9-10-11-12-13-14-15-16-19-24(22-23(2)3)32-28(31)26-21-18-17-20-25(26)27(29)30/h23-26H,4-22H2,1-3H3,(H,29,30). The average Bonchev–Trinajstić information content (AvgIpc) is 2.76. The lowest BCUT2D eigenvalue weighted by molar-refractivity contribution is -0.164. The van der Waals surface area contributed by atoms with Crippen molar-refractivity contribution in [2.24, 2.45) is 17.8 Å². The summed E-state index contributed by atoms with van der Waals surface area (Å²) in [6, 6.07) is 0. The molecule has 1 aliphatic rings. The van der Waals surface area contributed by atoms with Crippen LogP contribution in [-0.2, 0) is 14.3 Å². The van der Waals surface area contributed by atoms with E-state index in [0.29, 0.717) is 18.8 Å². The number of hydrogen-bond donors (Lipinski definition) is 1. The monoisotopic (exact) mass is 452 g/mol. The summed E-state index contributed by atoms with van der Waals surface area (Å²) in [5.41, 5.74) is 0. The fourth-order valence-corrected chi connectivity index (χ4v) is 5.10. The van der Waals surface area contributed by atoms with Gasteiger partial charge in [0.25, 0.3) is 0 Å².